The van der Waals surface area contributed by atoms with E-state index in [4.69, 9.17) is 16.3 Å². The summed E-state index contributed by atoms with van der Waals surface area (Å²) >= 11 is 6.78. The minimum atomic E-state index is -0.330. The van der Waals surface area contributed by atoms with Crippen LogP contribution in [0.25, 0.3) is 6.08 Å². The molecule has 0 bridgehead atoms. The monoisotopic (exact) mass is 373 g/mol. The standard InChI is InChI=1S/C19H16ClNO3S/c1-2-11-24-16-9-3-13(4-10-16)12-17-18(22)21(19(23)25-17)15-7-5-14(20)6-8-15/h3-10,12H,2,11H2,1H3/b17-12+. The first-order chi connectivity index (χ1) is 12.1. The molecule has 2 aromatic rings. The van der Waals surface area contributed by atoms with Crippen molar-refractivity contribution >= 4 is 46.3 Å². The number of halogens is 1. The predicted octanol–water partition coefficient (Wildman–Crippen LogP) is 5.37. The van der Waals surface area contributed by atoms with Crippen LogP contribution in [0, 0.1) is 0 Å². The van der Waals surface area contributed by atoms with E-state index in [9.17, 15) is 9.59 Å². The van der Waals surface area contributed by atoms with Crippen molar-refractivity contribution in [3.63, 3.8) is 0 Å². The molecule has 6 heteroatoms. The van der Waals surface area contributed by atoms with E-state index in [0.29, 0.717) is 22.2 Å². The Kier molecular flexibility index (Phi) is 5.46. The van der Waals surface area contributed by atoms with Crippen LogP contribution in [-0.2, 0) is 4.79 Å². The molecule has 2 aromatic carbocycles. The van der Waals surface area contributed by atoms with Crippen molar-refractivity contribution < 1.29 is 14.3 Å². The van der Waals surface area contributed by atoms with Crippen LogP contribution in [0.1, 0.15) is 18.9 Å². The molecule has 0 aromatic heterocycles. The van der Waals surface area contributed by atoms with Gasteiger partial charge in [-0.3, -0.25) is 9.59 Å². The molecule has 0 unspecified atom stereocenters. The molecule has 3 rings (SSSR count). The average Bonchev–Trinajstić information content (AvgIpc) is 2.89. The van der Waals surface area contributed by atoms with Gasteiger partial charge in [0.2, 0.25) is 0 Å². The number of ether oxygens (including phenoxy) is 1. The van der Waals surface area contributed by atoms with Gasteiger partial charge >= 0.3 is 0 Å². The highest BCUT2D eigenvalue weighted by Gasteiger charge is 2.36. The Bertz CT molecular complexity index is 816. The topological polar surface area (TPSA) is 46.6 Å². The largest absolute Gasteiger partial charge is 0.494 e. The number of hydrogen-bond donors (Lipinski definition) is 0. The molecule has 1 saturated heterocycles. The Morgan fingerprint density at radius 3 is 2.40 bits per heavy atom. The zero-order valence-corrected chi connectivity index (χ0v) is 15.1. The molecule has 0 saturated carbocycles. The number of thioether (sulfide) groups is 1. The van der Waals surface area contributed by atoms with Crippen molar-refractivity contribution in [3.8, 4) is 5.75 Å². The van der Waals surface area contributed by atoms with E-state index >= 15 is 0 Å². The molecular formula is C19H16ClNO3S. The molecule has 1 aliphatic rings. The molecule has 0 radical (unpaired) electrons. The number of anilines is 1. The van der Waals surface area contributed by atoms with Gasteiger partial charge in [0.1, 0.15) is 5.75 Å². The molecule has 1 fully saturated rings. The van der Waals surface area contributed by atoms with Crippen molar-refractivity contribution in [2.45, 2.75) is 13.3 Å². The molecule has 0 aliphatic carbocycles. The minimum Gasteiger partial charge on any atom is -0.494 e. The summed E-state index contributed by atoms with van der Waals surface area (Å²) in [4.78, 5) is 26.3. The summed E-state index contributed by atoms with van der Waals surface area (Å²) in [6.45, 7) is 2.71. The number of nitrogens with zero attached hydrogens (tertiary/aromatic N) is 1. The Hall–Kier alpha value is -2.24. The van der Waals surface area contributed by atoms with Gasteiger partial charge in [0.25, 0.3) is 11.1 Å². The summed E-state index contributed by atoms with van der Waals surface area (Å²) < 4.78 is 5.54. The van der Waals surface area contributed by atoms with Gasteiger partial charge in [-0.1, -0.05) is 30.7 Å². The first kappa shape index (κ1) is 17.6. The average molecular weight is 374 g/mol. The molecular weight excluding hydrogens is 358 g/mol. The van der Waals surface area contributed by atoms with Gasteiger partial charge < -0.3 is 4.74 Å². The fourth-order valence-corrected chi connectivity index (χ4v) is 3.28. The van der Waals surface area contributed by atoms with E-state index in [2.05, 4.69) is 0 Å². The number of hydrogen-bond acceptors (Lipinski definition) is 4. The second-order valence-electron chi connectivity index (χ2n) is 5.41. The zero-order valence-electron chi connectivity index (χ0n) is 13.6. The molecule has 25 heavy (non-hydrogen) atoms. The van der Waals surface area contributed by atoms with E-state index in [0.717, 1.165) is 34.4 Å². The highest BCUT2D eigenvalue weighted by molar-refractivity contribution is 8.19. The van der Waals surface area contributed by atoms with Crippen molar-refractivity contribution in [2.24, 2.45) is 0 Å². The van der Waals surface area contributed by atoms with E-state index < -0.39 is 0 Å². The van der Waals surface area contributed by atoms with Gasteiger partial charge in [0.05, 0.1) is 17.2 Å². The maximum Gasteiger partial charge on any atom is 0.298 e. The van der Waals surface area contributed by atoms with Gasteiger partial charge in [-0.15, -0.1) is 0 Å². The molecule has 2 amide bonds. The number of carbonyl (C=O) groups excluding carboxylic acids is 2. The number of rotatable bonds is 5. The van der Waals surface area contributed by atoms with Gasteiger partial charge in [0, 0.05) is 5.02 Å². The van der Waals surface area contributed by atoms with Crippen molar-refractivity contribution in [2.75, 3.05) is 11.5 Å². The Labute approximate surface area is 155 Å². The van der Waals surface area contributed by atoms with Gasteiger partial charge in [-0.25, -0.2) is 4.90 Å². The fourth-order valence-electron chi connectivity index (χ4n) is 2.31. The zero-order chi connectivity index (χ0) is 17.8. The minimum absolute atomic E-state index is 0.318. The lowest BCUT2D eigenvalue weighted by atomic mass is 10.2. The van der Waals surface area contributed by atoms with E-state index in [1.807, 2.05) is 31.2 Å². The summed E-state index contributed by atoms with van der Waals surface area (Å²) in [6.07, 6.45) is 2.66. The molecule has 128 valence electrons. The molecule has 1 aliphatic heterocycles. The van der Waals surface area contributed by atoms with Crippen molar-refractivity contribution in [1.82, 2.24) is 0 Å². The van der Waals surface area contributed by atoms with Crippen LogP contribution in [0.3, 0.4) is 0 Å². The molecule has 0 atom stereocenters. The van der Waals surface area contributed by atoms with Crippen LogP contribution in [0.4, 0.5) is 10.5 Å². The van der Waals surface area contributed by atoms with Crippen molar-refractivity contribution in [3.05, 3.63) is 64.0 Å². The van der Waals surface area contributed by atoms with Gasteiger partial charge in [-0.05, 0) is 66.2 Å². The van der Waals surface area contributed by atoms with Gasteiger partial charge in [0.15, 0.2) is 0 Å². The summed E-state index contributed by atoms with van der Waals surface area (Å²) in [7, 11) is 0. The lowest BCUT2D eigenvalue weighted by molar-refractivity contribution is -0.113. The predicted molar refractivity (Wildman–Crippen MR) is 102 cm³/mol. The van der Waals surface area contributed by atoms with Gasteiger partial charge in [-0.2, -0.15) is 0 Å². The van der Waals surface area contributed by atoms with E-state index in [1.165, 1.54) is 0 Å². The number of imide groups is 1. The summed E-state index contributed by atoms with van der Waals surface area (Å²) in [5, 5.41) is 0.234. The second kappa shape index (κ2) is 7.76. The third-order valence-electron chi connectivity index (χ3n) is 3.53. The first-order valence-corrected chi connectivity index (χ1v) is 9.04. The smallest absolute Gasteiger partial charge is 0.298 e. The highest BCUT2D eigenvalue weighted by atomic mass is 35.5. The number of amides is 2. The second-order valence-corrected chi connectivity index (χ2v) is 6.84. The Balaban J connectivity index is 1.79. The summed E-state index contributed by atoms with van der Waals surface area (Å²) in [6, 6.07) is 14.0. The number of carbonyl (C=O) groups is 2. The van der Waals surface area contributed by atoms with E-state index in [1.54, 1.807) is 30.3 Å². The quantitative estimate of drug-likeness (QED) is 0.661. The van der Waals surface area contributed by atoms with Crippen LogP contribution in [-0.4, -0.2) is 17.8 Å². The highest BCUT2D eigenvalue weighted by Crippen LogP contribution is 2.36. The van der Waals surface area contributed by atoms with Crippen LogP contribution < -0.4 is 9.64 Å². The lowest BCUT2D eigenvalue weighted by Crippen LogP contribution is -2.27. The molecule has 0 spiro atoms. The van der Waals surface area contributed by atoms with Crippen LogP contribution >= 0.6 is 23.4 Å². The maximum absolute atomic E-state index is 12.6. The van der Waals surface area contributed by atoms with Crippen LogP contribution in [0.2, 0.25) is 5.02 Å². The third kappa shape index (κ3) is 4.06. The normalized spacial score (nSPS) is 15.9. The molecule has 4 nitrogen and oxygen atoms in total. The molecule has 0 N–H and O–H groups in total. The van der Waals surface area contributed by atoms with Crippen LogP contribution in [0.15, 0.2) is 53.4 Å². The fraction of sp³-hybridized carbons (Fsp3) is 0.158. The lowest BCUT2D eigenvalue weighted by Gasteiger charge is -2.12. The van der Waals surface area contributed by atoms with E-state index in [-0.39, 0.29) is 11.1 Å². The SMILES string of the molecule is CCCOc1ccc(/C=C2/SC(=O)N(c3ccc(Cl)cc3)C2=O)cc1. The Morgan fingerprint density at radius 1 is 1.08 bits per heavy atom. The van der Waals surface area contributed by atoms with Crippen LogP contribution in [0.5, 0.6) is 5.75 Å². The first-order valence-electron chi connectivity index (χ1n) is 7.85. The third-order valence-corrected chi connectivity index (χ3v) is 4.65. The molecule has 1 heterocycles. The number of benzene rings is 2. The maximum atomic E-state index is 12.6. The summed E-state index contributed by atoms with van der Waals surface area (Å²) in [5.74, 6) is 0.455. The summed E-state index contributed by atoms with van der Waals surface area (Å²) in [5.41, 5.74) is 1.35. The Morgan fingerprint density at radius 2 is 1.76 bits per heavy atom. The van der Waals surface area contributed by atoms with Crippen molar-refractivity contribution in [1.29, 1.82) is 0 Å².